The van der Waals surface area contributed by atoms with Crippen LogP contribution in [0.1, 0.15) is 30.6 Å². The molecular formula is C13H16ClNO4. The average Bonchev–Trinajstić information content (AvgIpc) is 2.30. The lowest BCUT2D eigenvalue weighted by Gasteiger charge is -2.28. The first-order valence-corrected chi connectivity index (χ1v) is 6.22. The summed E-state index contributed by atoms with van der Waals surface area (Å²) in [7, 11) is 0. The second-order valence-corrected chi connectivity index (χ2v) is 4.81. The Bertz CT molecular complexity index is 488. The van der Waals surface area contributed by atoms with Crippen LogP contribution in [0, 0.1) is 0 Å². The molecule has 0 unspecified atom stereocenters. The van der Waals surface area contributed by atoms with Crippen LogP contribution in [0.3, 0.4) is 0 Å². The number of aliphatic carboxylic acids is 1. The number of carboxylic acids is 2. The van der Waals surface area contributed by atoms with Crippen molar-refractivity contribution in [3.05, 3.63) is 28.8 Å². The van der Waals surface area contributed by atoms with Gasteiger partial charge in [0, 0.05) is 18.3 Å². The monoisotopic (exact) mass is 285 g/mol. The summed E-state index contributed by atoms with van der Waals surface area (Å²) in [4.78, 5) is 23.5. The molecule has 0 heterocycles. The molecule has 0 saturated heterocycles. The maximum Gasteiger partial charge on any atom is 0.337 e. The molecule has 0 saturated carbocycles. The first kappa shape index (κ1) is 15.3. The molecule has 104 valence electrons. The Labute approximate surface area is 116 Å². The minimum Gasteiger partial charge on any atom is -0.481 e. The Morgan fingerprint density at radius 1 is 1.32 bits per heavy atom. The predicted octanol–water partition coefficient (Wildman–Crippen LogP) is 2.73. The van der Waals surface area contributed by atoms with E-state index >= 15 is 0 Å². The molecule has 1 aromatic rings. The zero-order valence-corrected chi connectivity index (χ0v) is 11.5. The van der Waals surface area contributed by atoms with Gasteiger partial charge < -0.3 is 15.1 Å². The quantitative estimate of drug-likeness (QED) is 0.840. The van der Waals surface area contributed by atoms with Crippen molar-refractivity contribution in [1.29, 1.82) is 0 Å². The molecule has 0 bridgehead atoms. The summed E-state index contributed by atoms with van der Waals surface area (Å²) in [6, 6.07) is 4.72. The van der Waals surface area contributed by atoms with E-state index < -0.39 is 11.9 Å². The Morgan fingerprint density at radius 2 is 1.95 bits per heavy atom. The van der Waals surface area contributed by atoms with Crippen LogP contribution in [-0.4, -0.2) is 34.7 Å². The molecule has 0 aliphatic heterocycles. The Balaban J connectivity index is 3.05. The van der Waals surface area contributed by atoms with Crippen molar-refractivity contribution in [2.75, 3.05) is 11.4 Å². The summed E-state index contributed by atoms with van der Waals surface area (Å²) in [6.45, 7) is 4.14. The molecule has 5 nitrogen and oxygen atoms in total. The van der Waals surface area contributed by atoms with E-state index in [1.807, 2.05) is 18.7 Å². The van der Waals surface area contributed by atoms with E-state index in [1.165, 1.54) is 12.1 Å². The number of halogens is 1. The molecular weight excluding hydrogens is 270 g/mol. The van der Waals surface area contributed by atoms with Gasteiger partial charge in [-0.25, -0.2) is 4.79 Å². The molecule has 0 aliphatic rings. The number of benzene rings is 1. The highest BCUT2D eigenvalue weighted by molar-refractivity contribution is 6.33. The fourth-order valence-electron chi connectivity index (χ4n) is 1.76. The van der Waals surface area contributed by atoms with Crippen molar-refractivity contribution in [1.82, 2.24) is 0 Å². The van der Waals surface area contributed by atoms with Gasteiger partial charge in [-0.1, -0.05) is 11.6 Å². The normalized spacial score (nSPS) is 10.5. The third-order valence-corrected chi connectivity index (χ3v) is 3.03. The van der Waals surface area contributed by atoms with E-state index in [2.05, 4.69) is 0 Å². The number of nitrogens with zero attached hydrogens (tertiary/aromatic N) is 1. The molecule has 0 aliphatic carbocycles. The number of anilines is 1. The van der Waals surface area contributed by atoms with Gasteiger partial charge in [0.05, 0.1) is 17.0 Å². The Kier molecular flexibility index (Phi) is 5.18. The Morgan fingerprint density at radius 3 is 2.42 bits per heavy atom. The molecule has 0 fully saturated rings. The molecule has 0 aromatic heterocycles. The minimum absolute atomic E-state index is 0.0107. The third kappa shape index (κ3) is 4.13. The molecule has 1 aromatic carbocycles. The van der Waals surface area contributed by atoms with E-state index in [-0.39, 0.29) is 23.0 Å². The van der Waals surface area contributed by atoms with Gasteiger partial charge in [0.15, 0.2) is 0 Å². The maximum atomic E-state index is 11.0. The largest absolute Gasteiger partial charge is 0.481 e. The van der Waals surface area contributed by atoms with Gasteiger partial charge >= 0.3 is 11.9 Å². The number of hydrogen-bond donors (Lipinski definition) is 2. The van der Waals surface area contributed by atoms with E-state index in [9.17, 15) is 9.59 Å². The average molecular weight is 286 g/mol. The SMILES string of the molecule is CC(C)N(CCC(=O)O)c1ccc(Cl)c(C(=O)O)c1. The van der Waals surface area contributed by atoms with Crippen LogP contribution >= 0.6 is 11.6 Å². The molecule has 0 atom stereocenters. The maximum absolute atomic E-state index is 11.0. The molecule has 2 N–H and O–H groups in total. The van der Waals surface area contributed by atoms with Gasteiger partial charge in [0.1, 0.15) is 0 Å². The van der Waals surface area contributed by atoms with Gasteiger partial charge in [-0.05, 0) is 32.0 Å². The summed E-state index contributed by atoms with van der Waals surface area (Å²) in [5.74, 6) is -1.99. The molecule has 19 heavy (non-hydrogen) atoms. The van der Waals surface area contributed by atoms with Gasteiger partial charge in [0.2, 0.25) is 0 Å². The molecule has 1 rings (SSSR count). The van der Waals surface area contributed by atoms with E-state index in [0.717, 1.165) is 0 Å². The highest BCUT2D eigenvalue weighted by atomic mass is 35.5. The van der Waals surface area contributed by atoms with Crippen LogP contribution in [0.5, 0.6) is 0 Å². The number of rotatable bonds is 6. The summed E-state index contributed by atoms with van der Waals surface area (Å²) in [5, 5.41) is 17.9. The van der Waals surface area contributed by atoms with Crippen molar-refractivity contribution in [2.24, 2.45) is 0 Å². The smallest absolute Gasteiger partial charge is 0.337 e. The summed E-state index contributed by atoms with van der Waals surface area (Å²) in [6.07, 6.45) is -0.0107. The zero-order valence-electron chi connectivity index (χ0n) is 10.8. The lowest BCUT2D eigenvalue weighted by atomic mass is 10.1. The van der Waals surface area contributed by atoms with Crippen LogP contribution in [-0.2, 0) is 4.79 Å². The van der Waals surface area contributed by atoms with E-state index in [4.69, 9.17) is 21.8 Å². The lowest BCUT2D eigenvalue weighted by Crippen LogP contribution is -2.33. The predicted molar refractivity (Wildman–Crippen MR) is 73.1 cm³/mol. The fraction of sp³-hybridized carbons (Fsp3) is 0.385. The zero-order chi connectivity index (χ0) is 14.6. The molecule has 0 amide bonds. The third-order valence-electron chi connectivity index (χ3n) is 2.70. The van der Waals surface area contributed by atoms with E-state index in [1.54, 1.807) is 6.07 Å². The second kappa shape index (κ2) is 6.43. The minimum atomic E-state index is -1.10. The van der Waals surface area contributed by atoms with Gasteiger partial charge in [0.25, 0.3) is 0 Å². The van der Waals surface area contributed by atoms with Gasteiger partial charge in [-0.2, -0.15) is 0 Å². The first-order chi connectivity index (χ1) is 8.82. The highest BCUT2D eigenvalue weighted by Gasteiger charge is 2.16. The Hall–Kier alpha value is -1.75. The van der Waals surface area contributed by atoms with Crippen molar-refractivity contribution in [3.63, 3.8) is 0 Å². The summed E-state index contributed by atoms with van der Waals surface area (Å²) in [5.41, 5.74) is 0.665. The van der Waals surface area contributed by atoms with Crippen LogP contribution in [0.25, 0.3) is 0 Å². The van der Waals surface area contributed by atoms with Gasteiger partial charge in [-0.15, -0.1) is 0 Å². The van der Waals surface area contributed by atoms with Crippen molar-refractivity contribution in [3.8, 4) is 0 Å². The lowest BCUT2D eigenvalue weighted by molar-refractivity contribution is -0.136. The molecule has 6 heteroatoms. The topological polar surface area (TPSA) is 77.8 Å². The van der Waals surface area contributed by atoms with E-state index in [0.29, 0.717) is 12.2 Å². The second-order valence-electron chi connectivity index (χ2n) is 4.40. The fourth-order valence-corrected chi connectivity index (χ4v) is 1.96. The van der Waals surface area contributed by atoms with Crippen LogP contribution in [0.15, 0.2) is 18.2 Å². The molecule has 0 spiro atoms. The van der Waals surface area contributed by atoms with Crippen LogP contribution in [0.4, 0.5) is 5.69 Å². The number of aromatic carboxylic acids is 1. The van der Waals surface area contributed by atoms with Gasteiger partial charge in [-0.3, -0.25) is 4.79 Å². The van der Waals surface area contributed by atoms with Crippen molar-refractivity contribution in [2.45, 2.75) is 26.3 Å². The standard InChI is InChI=1S/C13H16ClNO4/c1-8(2)15(6-5-12(16)17)9-3-4-11(14)10(7-9)13(18)19/h3-4,7-8H,5-6H2,1-2H3,(H,16,17)(H,18,19). The van der Waals surface area contributed by atoms with Crippen molar-refractivity contribution >= 4 is 29.2 Å². The summed E-state index contributed by atoms with van der Waals surface area (Å²) < 4.78 is 0. The molecule has 0 radical (unpaired) electrons. The highest BCUT2D eigenvalue weighted by Crippen LogP contribution is 2.25. The van der Waals surface area contributed by atoms with Crippen LogP contribution in [0.2, 0.25) is 5.02 Å². The number of hydrogen-bond acceptors (Lipinski definition) is 3. The first-order valence-electron chi connectivity index (χ1n) is 5.84. The van der Waals surface area contributed by atoms with Crippen LogP contribution < -0.4 is 4.90 Å². The number of carboxylic acid groups (broad SMARTS) is 2. The van der Waals surface area contributed by atoms with Crippen molar-refractivity contribution < 1.29 is 19.8 Å². The summed E-state index contributed by atoms with van der Waals surface area (Å²) >= 11 is 5.81. The number of carbonyl (C=O) groups is 2.